The average molecular weight is 571 g/mol. The number of carbonyl (C=O) groups excluding carboxylic acids is 2. The number of anilines is 2. The number of rotatable bonds is 6. The van der Waals surface area contributed by atoms with Gasteiger partial charge in [0, 0.05) is 39.3 Å². The fraction of sp³-hybridized carbons (Fsp3) is 0.621. The van der Waals surface area contributed by atoms with Crippen molar-refractivity contribution in [3.63, 3.8) is 0 Å². The van der Waals surface area contributed by atoms with Gasteiger partial charge < -0.3 is 30.3 Å². The maximum atomic E-state index is 13.4. The van der Waals surface area contributed by atoms with Gasteiger partial charge in [-0.05, 0) is 74.8 Å². The van der Waals surface area contributed by atoms with Gasteiger partial charge in [0.2, 0.25) is 0 Å². The molecule has 1 aliphatic heterocycles. The summed E-state index contributed by atoms with van der Waals surface area (Å²) in [6.45, 7) is 1.19. The Morgan fingerprint density at radius 3 is 2.48 bits per heavy atom. The number of aliphatic hydroxyl groups is 1. The van der Waals surface area contributed by atoms with E-state index < -0.39 is 5.60 Å². The summed E-state index contributed by atoms with van der Waals surface area (Å²) in [6, 6.07) is 7.41. The van der Waals surface area contributed by atoms with E-state index in [1.54, 1.807) is 11.8 Å². The molecule has 2 aromatic rings. The molecule has 2 atom stereocenters. The first kappa shape index (κ1) is 27.2. The zero-order valence-electron chi connectivity index (χ0n) is 23.4. The predicted octanol–water partition coefficient (Wildman–Crippen LogP) is 3.88. The molecule has 11 heteroatoms. The SMILES string of the molecule is COc1ccccc1NC(=O)N1CCC(N(C)c2c(Cl)c(C(=O)N[C@H]3C4CC5CC3C[C@](O)(C5)C4)nn2C)CC1. The first-order valence-electron chi connectivity index (χ1n) is 14.3. The molecule has 2 unspecified atom stereocenters. The summed E-state index contributed by atoms with van der Waals surface area (Å²) >= 11 is 6.82. The second-order valence-electron chi connectivity index (χ2n) is 12.3. The summed E-state index contributed by atoms with van der Waals surface area (Å²) in [4.78, 5) is 30.2. The molecule has 0 spiro atoms. The molecular formula is C29H39ClN6O4. The Morgan fingerprint density at radius 2 is 1.82 bits per heavy atom. The maximum absolute atomic E-state index is 13.4. The number of benzene rings is 1. The molecule has 1 aromatic heterocycles. The highest BCUT2D eigenvalue weighted by molar-refractivity contribution is 6.36. The van der Waals surface area contributed by atoms with Crippen LogP contribution < -0.4 is 20.3 Å². The van der Waals surface area contributed by atoms with Gasteiger partial charge in [-0.15, -0.1) is 0 Å². The minimum absolute atomic E-state index is 0.0647. The van der Waals surface area contributed by atoms with Crippen LogP contribution in [0.4, 0.5) is 16.3 Å². The van der Waals surface area contributed by atoms with Gasteiger partial charge in [-0.3, -0.25) is 9.48 Å². The number of para-hydroxylation sites is 2. The number of carbonyl (C=O) groups is 2. The summed E-state index contributed by atoms with van der Waals surface area (Å²) in [5.74, 6) is 2.28. The Morgan fingerprint density at radius 1 is 1.15 bits per heavy atom. The predicted molar refractivity (Wildman–Crippen MR) is 153 cm³/mol. The normalized spacial score (nSPS) is 29.4. The van der Waals surface area contributed by atoms with Gasteiger partial charge in [-0.2, -0.15) is 5.10 Å². The lowest BCUT2D eigenvalue weighted by molar-refractivity contribution is -0.136. The zero-order valence-corrected chi connectivity index (χ0v) is 24.2. The molecular weight excluding hydrogens is 532 g/mol. The molecule has 40 heavy (non-hydrogen) atoms. The number of hydrogen-bond donors (Lipinski definition) is 3. The molecule has 3 amide bonds. The molecule has 0 radical (unpaired) electrons. The Balaban J connectivity index is 1.08. The van der Waals surface area contributed by atoms with Crippen molar-refractivity contribution in [1.82, 2.24) is 20.0 Å². The van der Waals surface area contributed by atoms with Crippen molar-refractivity contribution in [3.8, 4) is 5.75 Å². The van der Waals surface area contributed by atoms with E-state index in [0.29, 0.717) is 53.1 Å². The van der Waals surface area contributed by atoms with Gasteiger partial charge in [0.1, 0.15) is 16.6 Å². The lowest BCUT2D eigenvalue weighted by Crippen LogP contribution is -2.61. The molecule has 2 heterocycles. The second-order valence-corrected chi connectivity index (χ2v) is 12.6. The van der Waals surface area contributed by atoms with Crippen LogP contribution >= 0.6 is 11.6 Å². The number of amides is 3. The highest BCUT2D eigenvalue weighted by atomic mass is 35.5. The molecule has 5 fully saturated rings. The van der Waals surface area contributed by atoms with E-state index in [1.165, 1.54) is 0 Å². The van der Waals surface area contributed by atoms with E-state index in [2.05, 4.69) is 20.6 Å². The summed E-state index contributed by atoms with van der Waals surface area (Å²) in [5.41, 5.74) is 0.347. The number of hydrogen-bond acceptors (Lipinski definition) is 6. The Bertz CT molecular complexity index is 1280. The Labute approximate surface area is 240 Å². The summed E-state index contributed by atoms with van der Waals surface area (Å²) in [6.07, 6.45) is 6.11. The third-order valence-electron chi connectivity index (χ3n) is 9.70. The monoisotopic (exact) mass is 570 g/mol. The molecule has 10 nitrogen and oxygen atoms in total. The van der Waals surface area contributed by atoms with Gasteiger partial charge in [0.25, 0.3) is 5.91 Å². The number of nitrogens with zero attached hydrogens (tertiary/aromatic N) is 4. The lowest BCUT2D eigenvalue weighted by Gasteiger charge is -2.58. The third kappa shape index (κ3) is 4.89. The molecule has 1 saturated heterocycles. The highest BCUT2D eigenvalue weighted by Gasteiger charge is 2.55. The van der Waals surface area contributed by atoms with Crippen molar-refractivity contribution in [2.75, 3.05) is 37.5 Å². The number of aryl methyl sites for hydroxylation is 1. The molecule has 216 valence electrons. The number of methoxy groups -OCH3 is 1. The number of halogens is 1. The number of nitrogens with one attached hydrogen (secondary N) is 2. The quantitative estimate of drug-likeness (QED) is 0.486. The third-order valence-corrected chi connectivity index (χ3v) is 10.0. The number of aromatic nitrogens is 2. The zero-order chi connectivity index (χ0) is 28.2. The van der Waals surface area contributed by atoms with Crippen molar-refractivity contribution in [2.24, 2.45) is 24.8 Å². The minimum atomic E-state index is -0.541. The minimum Gasteiger partial charge on any atom is -0.495 e. The van der Waals surface area contributed by atoms with E-state index in [4.69, 9.17) is 16.3 Å². The largest absolute Gasteiger partial charge is 0.495 e. The first-order valence-corrected chi connectivity index (χ1v) is 14.7. The van der Waals surface area contributed by atoms with Gasteiger partial charge in [-0.25, -0.2) is 4.79 Å². The van der Waals surface area contributed by atoms with Gasteiger partial charge in [-0.1, -0.05) is 23.7 Å². The average Bonchev–Trinajstić information content (AvgIpc) is 3.23. The molecule has 4 bridgehead atoms. The van der Waals surface area contributed by atoms with Crippen LogP contribution in [0.15, 0.2) is 24.3 Å². The van der Waals surface area contributed by atoms with Crippen molar-refractivity contribution in [1.29, 1.82) is 0 Å². The lowest BCUT2D eigenvalue weighted by atomic mass is 9.52. The molecule has 1 aromatic carbocycles. The Kier molecular flexibility index (Phi) is 7.11. The van der Waals surface area contributed by atoms with Crippen LogP contribution in [0.1, 0.15) is 55.4 Å². The van der Waals surface area contributed by atoms with Crippen LogP contribution in [-0.2, 0) is 7.05 Å². The summed E-state index contributed by atoms with van der Waals surface area (Å²) in [7, 11) is 5.36. The number of ether oxygens (including phenoxy) is 1. The van der Waals surface area contributed by atoms with Crippen LogP contribution in [0.5, 0.6) is 5.75 Å². The first-order chi connectivity index (χ1) is 19.2. The maximum Gasteiger partial charge on any atom is 0.321 e. The van der Waals surface area contributed by atoms with Gasteiger partial charge in [0.05, 0.1) is 18.4 Å². The Hall–Kier alpha value is -2.98. The van der Waals surface area contributed by atoms with E-state index in [-0.39, 0.29) is 29.7 Å². The van der Waals surface area contributed by atoms with Crippen LogP contribution in [0.3, 0.4) is 0 Å². The van der Waals surface area contributed by atoms with Crippen LogP contribution in [0.25, 0.3) is 0 Å². The molecule has 7 rings (SSSR count). The molecule has 3 N–H and O–H groups in total. The van der Waals surface area contributed by atoms with Crippen molar-refractivity contribution in [2.45, 2.75) is 62.6 Å². The fourth-order valence-corrected chi connectivity index (χ4v) is 8.40. The van der Waals surface area contributed by atoms with E-state index in [9.17, 15) is 14.7 Å². The van der Waals surface area contributed by atoms with Crippen LogP contribution in [-0.4, -0.2) is 76.7 Å². The van der Waals surface area contributed by atoms with E-state index in [0.717, 1.165) is 44.9 Å². The highest BCUT2D eigenvalue weighted by Crippen LogP contribution is 2.55. The number of piperidine rings is 1. The smallest absolute Gasteiger partial charge is 0.321 e. The summed E-state index contributed by atoms with van der Waals surface area (Å²) in [5, 5.41) is 22.0. The summed E-state index contributed by atoms with van der Waals surface area (Å²) < 4.78 is 7.02. The number of likely N-dealkylation sites (tertiary alicyclic amines) is 1. The van der Waals surface area contributed by atoms with Gasteiger partial charge >= 0.3 is 6.03 Å². The van der Waals surface area contributed by atoms with E-state index >= 15 is 0 Å². The molecule has 4 aliphatic carbocycles. The molecule has 4 saturated carbocycles. The van der Waals surface area contributed by atoms with Gasteiger partial charge in [0.15, 0.2) is 5.69 Å². The molecule has 5 aliphatic rings. The fourth-order valence-electron chi connectivity index (χ4n) is 8.03. The second kappa shape index (κ2) is 10.4. The topological polar surface area (TPSA) is 112 Å². The van der Waals surface area contributed by atoms with E-state index in [1.807, 2.05) is 43.3 Å². The van der Waals surface area contributed by atoms with Crippen molar-refractivity contribution < 1.29 is 19.4 Å². The standard InChI is InChI=1S/C29H39ClN6O4/c1-34(20-8-10-36(11-9-20)28(38)31-21-6-4-5-7-22(21)40-3)27-23(30)25(33-35(27)2)26(37)32-24-18-12-17-13-19(24)16-29(39,14-17)15-18/h4-7,17-20,24,39H,8-16H2,1-3H3,(H,31,38)(H,32,37)/t17?,18?,19?,24-,29-. The number of urea groups is 1. The van der Waals surface area contributed by atoms with Crippen LogP contribution in [0, 0.1) is 17.8 Å². The van der Waals surface area contributed by atoms with Crippen molar-refractivity contribution in [3.05, 3.63) is 35.0 Å². The van der Waals surface area contributed by atoms with Crippen molar-refractivity contribution >= 4 is 35.0 Å². The van der Waals surface area contributed by atoms with Crippen LogP contribution in [0.2, 0.25) is 5.02 Å².